The third-order valence-electron chi connectivity index (χ3n) is 6.97. The fourth-order valence-electron chi connectivity index (χ4n) is 4.87. The number of rotatable bonds is 16. The third-order valence-corrected chi connectivity index (χ3v) is 6.97. The summed E-state index contributed by atoms with van der Waals surface area (Å²) < 4.78 is 16.7. The van der Waals surface area contributed by atoms with E-state index in [4.69, 9.17) is 19.3 Å². The second-order valence-electron chi connectivity index (χ2n) is 10.1. The predicted molar refractivity (Wildman–Crippen MR) is 146 cm³/mol. The van der Waals surface area contributed by atoms with E-state index in [0.717, 1.165) is 31.2 Å². The van der Waals surface area contributed by atoms with Crippen LogP contribution in [0.25, 0.3) is 0 Å². The molecule has 1 aliphatic carbocycles. The van der Waals surface area contributed by atoms with Gasteiger partial charge in [-0.05, 0) is 56.2 Å². The van der Waals surface area contributed by atoms with Crippen LogP contribution < -0.4 is 51.4 Å². The van der Waals surface area contributed by atoms with E-state index >= 15 is 0 Å². The Hall–Kier alpha value is -1.10. The summed E-state index contributed by atoms with van der Waals surface area (Å²) in [6.45, 7) is 3.39. The van der Waals surface area contributed by atoms with E-state index in [1.165, 1.54) is 25.5 Å². The first-order valence-corrected chi connectivity index (χ1v) is 13.4. The molecule has 0 aliphatic heterocycles. The van der Waals surface area contributed by atoms with Crippen LogP contribution in [0.5, 0.6) is 0 Å². The number of benzene rings is 1. The van der Waals surface area contributed by atoms with Crippen molar-refractivity contribution < 1.29 is 91.3 Å². The zero-order valence-corrected chi connectivity index (χ0v) is 26.5. The van der Waals surface area contributed by atoms with Crippen molar-refractivity contribution in [2.75, 3.05) is 7.11 Å². The topological polar surface area (TPSA) is 116 Å². The van der Waals surface area contributed by atoms with Crippen LogP contribution in [0.3, 0.4) is 0 Å². The summed E-state index contributed by atoms with van der Waals surface area (Å²) in [5.74, 6) is -1.54. The zero-order chi connectivity index (χ0) is 27.2. The van der Waals surface area contributed by atoms with Crippen molar-refractivity contribution in [3.63, 3.8) is 0 Å². The number of esters is 2. The van der Waals surface area contributed by atoms with Crippen molar-refractivity contribution in [2.24, 2.45) is 5.92 Å². The molecule has 1 aromatic rings. The standard InChI is InChI=1S/C29H42O8.CH4.K.H/c1-4-24(35-3)18-27(31)37-26(17-22-8-6-5-7-9-22)19-28(32)36-25(16-20(2)30)15-12-21-10-13-23(14-11-21)29(33)34;;;/h10-11,13-14,22,24-26H,4-9,12,15-19H2,1-3H3,(H,33,34);1H4;;/q;;+1;-1. The van der Waals surface area contributed by atoms with Gasteiger partial charge in [0.15, 0.2) is 0 Å². The summed E-state index contributed by atoms with van der Waals surface area (Å²) in [5.41, 5.74) is 1.09. The first kappa shape index (κ1) is 37.9. The molecule has 1 saturated carbocycles. The number of carboxylic acid groups (broad SMARTS) is 1. The van der Waals surface area contributed by atoms with Crippen LogP contribution in [0.2, 0.25) is 0 Å². The van der Waals surface area contributed by atoms with Gasteiger partial charge in [0, 0.05) is 13.5 Å². The Kier molecular flexibility index (Phi) is 20.1. The van der Waals surface area contributed by atoms with E-state index in [1.54, 1.807) is 19.2 Å². The minimum Gasteiger partial charge on any atom is -1.00 e. The number of aromatic carboxylic acids is 1. The Morgan fingerprint density at radius 3 is 2.00 bits per heavy atom. The van der Waals surface area contributed by atoms with Gasteiger partial charge in [0.25, 0.3) is 0 Å². The largest absolute Gasteiger partial charge is 1.00 e. The van der Waals surface area contributed by atoms with E-state index in [0.29, 0.717) is 31.6 Å². The number of hydrogen-bond acceptors (Lipinski definition) is 7. The van der Waals surface area contributed by atoms with Crippen LogP contribution in [0.15, 0.2) is 24.3 Å². The van der Waals surface area contributed by atoms with Crippen molar-refractivity contribution in [2.45, 2.75) is 117 Å². The number of carbonyl (C=O) groups is 4. The molecule has 1 aromatic carbocycles. The van der Waals surface area contributed by atoms with E-state index in [2.05, 4.69) is 0 Å². The first-order valence-electron chi connectivity index (χ1n) is 13.4. The molecule has 0 saturated heterocycles. The second kappa shape index (κ2) is 20.7. The molecular formula is C30H47KO8. The van der Waals surface area contributed by atoms with Gasteiger partial charge in [0.1, 0.15) is 18.0 Å². The van der Waals surface area contributed by atoms with Crippen molar-refractivity contribution in [3.05, 3.63) is 35.4 Å². The smallest absolute Gasteiger partial charge is 1.00 e. The molecule has 0 heterocycles. The van der Waals surface area contributed by atoms with Crippen LogP contribution in [0, 0.1) is 5.92 Å². The monoisotopic (exact) mass is 574 g/mol. The summed E-state index contributed by atoms with van der Waals surface area (Å²) in [6.07, 6.45) is 6.67. The molecular weight excluding hydrogens is 527 g/mol. The summed E-state index contributed by atoms with van der Waals surface area (Å²) in [4.78, 5) is 48.4. The van der Waals surface area contributed by atoms with Gasteiger partial charge >= 0.3 is 69.3 Å². The molecule has 1 N–H and O–H groups in total. The Morgan fingerprint density at radius 1 is 0.923 bits per heavy atom. The maximum Gasteiger partial charge on any atom is 1.00 e. The maximum atomic E-state index is 12.9. The number of carbonyl (C=O) groups excluding carboxylic acids is 3. The third kappa shape index (κ3) is 15.5. The van der Waals surface area contributed by atoms with Gasteiger partial charge in [0.2, 0.25) is 0 Å². The maximum absolute atomic E-state index is 12.9. The molecule has 9 heteroatoms. The van der Waals surface area contributed by atoms with Gasteiger partial charge in [-0.3, -0.25) is 14.4 Å². The van der Waals surface area contributed by atoms with Crippen molar-refractivity contribution in [1.29, 1.82) is 0 Å². The van der Waals surface area contributed by atoms with Crippen LogP contribution in [0.1, 0.15) is 109 Å². The summed E-state index contributed by atoms with van der Waals surface area (Å²) in [7, 11) is 1.56. The molecule has 0 spiro atoms. The number of methoxy groups -OCH3 is 1. The second-order valence-corrected chi connectivity index (χ2v) is 10.1. The van der Waals surface area contributed by atoms with Crippen LogP contribution in [0.4, 0.5) is 0 Å². The molecule has 8 nitrogen and oxygen atoms in total. The molecule has 0 aromatic heterocycles. The molecule has 39 heavy (non-hydrogen) atoms. The minimum absolute atomic E-state index is 0. The summed E-state index contributed by atoms with van der Waals surface area (Å²) in [5, 5.41) is 9.06. The molecule has 216 valence electrons. The van der Waals surface area contributed by atoms with Gasteiger partial charge in [0.05, 0.1) is 24.5 Å². The molecule has 1 fully saturated rings. The average molecular weight is 575 g/mol. The van der Waals surface area contributed by atoms with Crippen molar-refractivity contribution in [3.8, 4) is 0 Å². The van der Waals surface area contributed by atoms with E-state index in [-0.39, 0.29) is 103 Å². The van der Waals surface area contributed by atoms with Crippen molar-refractivity contribution >= 4 is 23.7 Å². The molecule has 2 rings (SSSR count). The normalized spacial score (nSPS) is 15.6. The molecule has 0 bridgehead atoms. The Balaban J connectivity index is 0. The fourth-order valence-corrected chi connectivity index (χ4v) is 4.87. The quantitative estimate of drug-likeness (QED) is 0.237. The molecule has 0 amide bonds. The number of ether oxygens (including phenoxy) is 3. The first-order chi connectivity index (χ1) is 17.7. The average Bonchev–Trinajstić information content (AvgIpc) is 2.86. The van der Waals surface area contributed by atoms with E-state index in [1.807, 2.05) is 6.92 Å². The van der Waals surface area contributed by atoms with Gasteiger partial charge in [-0.1, -0.05) is 58.6 Å². The van der Waals surface area contributed by atoms with Crippen LogP contribution >= 0.6 is 0 Å². The Bertz CT molecular complexity index is 882. The van der Waals surface area contributed by atoms with Gasteiger partial charge < -0.3 is 20.7 Å². The number of Topliss-reactive ketones (excluding diaryl/α,β-unsaturated/α-hetero) is 1. The number of hydrogen-bond donors (Lipinski definition) is 1. The van der Waals surface area contributed by atoms with Gasteiger partial charge in [-0.25, -0.2) is 4.79 Å². The Labute approximate surface area is 277 Å². The number of aryl methyl sites for hydroxylation is 1. The fraction of sp³-hybridized carbons (Fsp3) is 0.667. The zero-order valence-electron chi connectivity index (χ0n) is 24.4. The number of ketones is 1. The van der Waals surface area contributed by atoms with Crippen molar-refractivity contribution in [1.82, 2.24) is 0 Å². The molecule has 0 radical (unpaired) electrons. The Morgan fingerprint density at radius 2 is 1.49 bits per heavy atom. The van der Waals surface area contributed by atoms with E-state index in [9.17, 15) is 19.2 Å². The number of carboxylic acids is 1. The van der Waals surface area contributed by atoms with E-state index < -0.39 is 24.1 Å². The predicted octanol–water partition coefficient (Wildman–Crippen LogP) is 3.05. The molecule has 3 unspecified atom stereocenters. The van der Waals surface area contributed by atoms with Gasteiger partial charge in [-0.2, -0.15) is 0 Å². The molecule has 1 aliphatic rings. The summed E-state index contributed by atoms with van der Waals surface area (Å²) >= 11 is 0. The van der Waals surface area contributed by atoms with Crippen LogP contribution in [-0.4, -0.2) is 54.2 Å². The summed E-state index contributed by atoms with van der Waals surface area (Å²) in [6, 6.07) is 6.50. The van der Waals surface area contributed by atoms with Crippen LogP contribution in [-0.2, 0) is 35.0 Å². The van der Waals surface area contributed by atoms with Gasteiger partial charge in [-0.15, -0.1) is 0 Å². The minimum atomic E-state index is -0.995. The molecule has 3 atom stereocenters. The SMILES string of the molecule is C.CCC(CC(=O)OC(CC(=O)OC(CCc1ccc(C(=O)O)cc1)CC(C)=O)CC1CCCCC1)OC.[H-].[K+].